The Morgan fingerprint density at radius 3 is 3.00 bits per heavy atom. The Morgan fingerprint density at radius 2 is 2.13 bits per heavy atom. The van der Waals surface area contributed by atoms with Gasteiger partial charge >= 0.3 is 0 Å². The maximum atomic E-state index is 12.1. The molecule has 23 heavy (non-hydrogen) atoms. The Labute approximate surface area is 140 Å². The summed E-state index contributed by atoms with van der Waals surface area (Å²) in [6, 6.07) is 8.10. The van der Waals surface area contributed by atoms with Crippen molar-refractivity contribution in [2.75, 3.05) is 5.75 Å². The first kappa shape index (κ1) is 16.1. The Morgan fingerprint density at radius 1 is 1.26 bits per heavy atom. The monoisotopic (exact) mass is 330 g/mol. The van der Waals surface area contributed by atoms with Crippen molar-refractivity contribution in [2.24, 2.45) is 0 Å². The van der Waals surface area contributed by atoms with Gasteiger partial charge in [0.2, 0.25) is 5.91 Å². The average Bonchev–Trinajstić information content (AvgIpc) is 2.78. The fourth-order valence-electron chi connectivity index (χ4n) is 2.75. The molecule has 1 N–H and O–H groups in total. The minimum atomic E-state index is 0.0317. The van der Waals surface area contributed by atoms with Gasteiger partial charge in [0.05, 0.1) is 5.75 Å². The normalized spacial score (nSPS) is 14.1. The number of carbonyl (C=O) groups is 1. The van der Waals surface area contributed by atoms with Crippen LogP contribution in [0.1, 0.15) is 36.2 Å². The van der Waals surface area contributed by atoms with Crippen LogP contribution in [-0.4, -0.2) is 26.4 Å². The number of aromatic nitrogens is 3. The third-order valence-corrected chi connectivity index (χ3v) is 5.11. The van der Waals surface area contributed by atoms with E-state index in [9.17, 15) is 4.79 Å². The smallest absolute Gasteiger partial charge is 0.230 e. The first-order chi connectivity index (χ1) is 11.2. The molecule has 0 spiro atoms. The Kier molecular flexibility index (Phi) is 5.33. The van der Waals surface area contributed by atoms with E-state index < -0.39 is 0 Å². The molecule has 0 unspecified atom stereocenters. The van der Waals surface area contributed by atoms with Crippen molar-refractivity contribution in [2.45, 2.75) is 50.9 Å². The molecule has 0 saturated heterocycles. The van der Waals surface area contributed by atoms with E-state index >= 15 is 0 Å². The lowest BCUT2D eigenvalue weighted by Gasteiger charge is -2.08. The highest BCUT2D eigenvalue weighted by Crippen LogP contribution is 2.21. The van der Waals surface area contributed by atoms with E-state index in [2.05, 4.69) is 33.1 Å². The summed E-state index contributed by atoms with van der Waals surface area (Å²) < 4.78 is 2.17. The largest absolute Gasteiger partial charge is 0.351 e. The summed E-state index contributed by atoms with van der Waals surface area (Å²) in [6.45, 7) is 3.60. The van der Waals surface area contributed by atoms with Crippen LogP contribution in [-0.2, 0) is 24.3 Å². The van der Waals surface area contributed by atoms with Crippen molar-refractivity contribution >= 4 is 17.7 Å². The molecule has 5 nitrogen and oxygen atoms in total. The van der Waals surface area contributed by atoms with Gasteiger partial charge in [-0.25, -0.2) is 0 Å². The summed E-state index contributed by atoms with van der Waals surface area (Å²) in [7, 11) is 0. The molecule has 0 saturated carbocycles. The number of hydrogen-bond acceptors (Lipinski definition) is 4. The highest BCUT2D eigenvalue weighted by molar-refractivity contribution is 7.99. The molecule has 2 heterocycles. The molecule has 0 aliphatic carbocycles. The van der Waals surface area contributed by atoms with Gasteiger partial charge in [-0.15, -0.1) is 10.2 Å². The summed E-state index contributed by atoms with van der Waals surface area (Å²) in [6.07, 6.45) is 4.58. The minimum absolute atomic E-state index is 0.0317. The van der Waals surface area contributed by atoms with E-state index in [1.807, 2.05) is 18.2 Å². The van der Waals surface area contributed by atoms with E-state index in [1.54, 1.807) is 0 Å². The molecule has 1 aromatic heterocycles. The number of amides is 1. The summed E-state index contributed by atoms with van der Waals surface area (Å²) >= 11 is 1.48. The van der Waals surface area contributed by atoms with Crippen LogP contribution < -0.4 is 5.32 Å². The number of rotatable bonds is 5. The van der Waals surface area contributed by atoms with Gasteiger partial charge in [0.25, 0.3) is 0 Å². The lowest BCUT2D eigenvalue weighted by atomic mass is 10.1. The number of thioether (sulfide) groups is 1. The van der Waals surface area contributed by atoms with Crippen LogP contribution in [0, 0.1) is 6.92 Å². The van der Waals surface area contributed by atoms with Gasteiger partial charge in [-0.05, 0) is 30.9 Å². The molecule has 1 aliphatic heterocycles. The summed E-state index contributed by atoms with van der Waals surface area (Å²) in [4.78, 5) is 12.1. The summed E-state index contributed by atoms with van der Waals surface area (Å²) in [5.41, 5.74) is 2.35. The van der Waals surface area contributed by atoms with E-state index in [4.69, 9.17) is 0 Å². The molecule has 0 radical (unpaired) electrons. The zero-order valence-electron chi connectivity index (χ0n) is 13.4. The Hall–Kier alpha value is -1.82. The lowest BCUT2D eigenvalue weighted by molar-refractivity contribution is -0.118. The minimum Gasteiger partial charge on any atom is -0.351 e. The van der Waals surface area contributed by atoms with Gasteiger partial charge in [-0.1, -0.05) is 42.4 Å². The fourth-order valence-corrected chi connectivity index (χ4v) is 3.56. The van der Waals surface area contributed by atoms with Crippen LogP contribution in [0.2, 0.25) is 0 Å². The van der Waals surface area contributed by atoms with Crippen LogP contribution in [0.15, 0.2) is 29.4 Å². The van der Waals surface area contributed by atoms with E-state index in [1.165, 1.54) is 30.2 Å². The first-order valence-electron chi connectivity index (χ1n) is 8.10. The number of benzene rings is 1. The van der Waals surface area contributed by atoms with Crippen molar-refractivity contribution in [3.05, 3.63) is 41.2 Å². The number of nitrogens with zero attached hydrogens (tertiary/aromatic N) is 3. The highest BCUT2D eigenvalue weighted by atomic mass is 32.2. The molecule has 6 heteroatoms. The second-order valence-corrected chi connectivity index (χ2v) is 6.80. The number of carbonyl (C=O) groups excluding carboxylic acids is 1. The lowest BCUT2D eigenvalue weighted by Crippen LogP contribution is -2.25. The van der Waals surface area contributed by atoms with Gasteiger partial charge < -0.3 is 9.88 Å². The van der Waals surface area contributed by atoms with Crippen molar-refractivity contribution in [1.29, 1.82) is 0 Å². The molecule has 1 aromatic carbocycles. The van der Waals surface area contributed by atoms with Crippen molar-refractivity contribution in [1.82, 2.24) is 20.1 Å². The van der Waals surface area contributed by atoms with Crippen molar-refractivity contribution < 1.29 is 4.79 Å². The number of hydrogen-bond donors (Lipinski definition) is 1. The highest BCUT2D eigenvalue weighted by Gasteiger charge is 2.16. The second kappa shape index (κ2) is 7.64. The van der Waals surface area contributed by atoms with Crippen LogP contribution in [0.5, 0.6) is 0 Å². The van der Waals surface area contributed by atoms with Crippen LogP contribution in [0.25, 0.3) is 0 Å². The van der Waals surface area contributed by atoms with Gasteiger partial charge in [0.15, 0.2) is 5.16 Å². The van der Waals surface area contributed by atoms with Gasteiger partial charge in [0.1, 0.15) is 5.82 Å². The maximum Gasteiger partial charge on any atom is 0.230 e. The molecule has 1 amide bonds. The van der Waals surface area contributed by atoms with Crippen LogP contribution in [0.4, 0.5) is 0 Å². The molecule has 0 fully saturated rings. The van der Waals surface area contributed by atoms with Gasteiger partial charge in [-0.2, -0.15) is 0 Å². The number of fused-ring (bicyclic) bond motifs is 1. The van der Waals surface area contributed by atoms with Gasteiger partial charge in [-0.3, -0.25) is 4.79 Å². The molecule has 0 bridgehead atoms. The van der Waals surface area contributed by atoms with Crippen molar-refractivity contribution in [3.8, 4) is 0 Å². The average molecular weight is 330 g/mol. The summed E-state index contributed by atoms with van der Waals surface area (Å²) in [5, 5.41) is 12.3. The van der Waals surface area contributed by atoms with Crippen LogP contribution in [0.3, 0.4) is 0 Å². The third kappa shape index (κ3) is 4.13. The molecular weight excluding hydrogens is 308 g/mol. The van der Waals surface area contributed by atoms with E-state index in [0.29, 0.717) is 12.3 Å². The summed E-state index contributed by atoms with van der Waals surface area (Å²) in [5.74, 6) is 1.47. The molecule has 2 aromatic rings. The Bertz CT molecular complexity index is 683. The van der Waals surface area contributed by atoms with Crippen LogP contribution >= 0.6 is 11.8 Å². The van der Waals surface area contributed by atoms with E-state index in [0.717, 1.165) is 35.9 Å². The number of aryl methyl sites for hydroxylation is 2. The standard InChI is InChI=1S/C17H22N4OS/c1-13-7-4-5-8-14(13)11-18-16(22)12-23-17-20-19-15-9-3-2-6-10-21(15)17/h4-5,7-8H,2-3,6,9-12H2,1H3,(H,18,22). The molecule has 0 atom stereocenters. The predicted octanol–water partition coefficient (Wildman–Crippen LogP) is 2.72. The fraction of sp³-hybridized carbons (Fsp3) is 0.471. The molecule has 1 aliphatic rings. The molecular formula is C17H22N4OS. The SMILES string of the molecule is Cc1ccccc1CNC(=O)CSc1nnc2n1CCCCC2. The third-order valence-electron chi connectivity index (χ3n) is 4.15. The zero-order valence-corrected chi connectivity index (χ0v) is 14.2. The van der Waals surface area contributed by atoms with E-state index in [-0.39, 0.29) is 5.91 Å². The maximum absolute atomic E-state index is 12.1. The Balaban J connectivity index is 1.51. The topological polar surface area (TPSA) is 59.8 Å². The second-order valence-electron chi connectivity index (χ2n) is 5.85. The van der Waals surface area contributed by atoms with Gasteiger partial charge in [0, 0.05) is 19.5 Å². The zero-order chi connectivity index (χ0) is 16.1. The predicted molar refractivity (Wildman–Crippen MR) is 91.3 cm³/mol. The molecule has 122 valence electrons. The quantitative estimate of drug-likeness (QED) is 0.856. The van der Waals surface area contributed by atoms with Crippen molar-refractivity contribution in [3.63, 3.8) is 0 Å². The molecule has 3 rings (SSSR count). The number of nitrogens with one attached hydrogen (secondary N) is 1. The first-order valence-corrected chi connectivity index (χ1v) is 9.08.